The van der Waals surface area contributed by atoms with Gasteiger partial charge in [0.25, 0.3) is 0 Å². The average molecular weight is 531 g/mol. The van der Waals surface area contributed by atoms with Crippen molar-refractivity contribution in [3.05, 3.63) is 63.1 Å². The lowest BCUT2D eigenvalue weighted by Gasteiger charge is -2.19. The number of carbonyl (C=O) groups excluding carboxylic acids is 1. The average Bonchev–Trinajstić information content (AvgIpc) is 2.64. The summed E-state index contributed by atoms with van der Waals surface area (Å²) >= 11 is 8.15. The molecule has 1 amide bonds. The molecule has 0 heterocycles. The molecule has 6 nitrogen and oxygen atoms in total. The van der Waals surface area contributed by atoms with Crippen molar-refractivity contribution in [3.8, 4) is 5.75 Å². The van der Waals surface area contributed by atoms with Gasteiger partial charge in [-0.25, -0.2) is 9.59 Å². The van der Waals surface area contributed by atoms with E-state index in [1.807, 2.05) is 18.4 Å². The van der Waals surface area contributed by atoms with Crippen molar-refractivity contribution in [1.29, 1.82) is 0 Å². The Hall–Kier alpha value is -1.97. The van der Waals surface area contributed by atoms with Crippen molar-refractivity contribution < 1.29 is 24.5 Å². The van der Waals surface area contributed by atoms with Crippen LogP contribution < -0.4 is 5.32 Å². The summed E-state index contributed by atoms with van der Waals surface area (Å²) in [4.78, 5) is 24.1. The molecule has 28 heavy (non-hydrogen) atoms. The fourth-order valence-electron chi connectivity index (χ4n) is 2.31. The largest absolute Gasteiger partial charge is 0.506 e. The molecule has 0 aromatic heterocycles. The van der Waals surface area contributed by atoms with Crippen molar-refractivity contribution in [1.82, 2.24) is 0 Å². The van der Waals surface area contributed by atoms with Gasteiger partial charge in [0.05, 0.1) is 4.47 Å². The van der Waals surface area contributed by atoms with Gasteiger partial charge in [0.2, 0.25) is 0 Å². The van der Waals surface area contributed by atoms with Crippen molar-refractivity contribution >= 4 is 61.4 Å². The minimum absolute atomic E-state index is 0.0710. The molecule has 0 saturated carbocycles. The van der Waals surface area contributed by atoms with Gasteiger partial charge in [-0.15, -0.1) is 11.8 Å². The van der Waals surface area contributed by atoms with Gasteiger partial charge in [-0.05, 0) is 58.6 Å². The number of thioether (sulfide) groups is 1. The lowest BCUT2D eigenvalue weighted by molar-refractivity contribution is -0.131. The van der Waals surface area contributed by atoms with Gasteiger partial charge in [0.1, 0.15) is 11.9 Å². The highest BCUT2D eigenvalue weighted by Gasteiger charge is 2.21. The van der Waals surface area contributed by atoms with Gasteiger partial charge in [-0.2, -0.15) is 0 Å². The predicted molar refractivity (Wildman–Crippen MR) is 116 cm³/mol. The summed E-state index contributed by atoms with van der Waals surface area (Å²) in [6.07, 6.45) is 2.73. The molecule has 0 saturated heterocycles. The normalized spacial score (nSPS) is 12.0. The number of hydrogen-bond acceptors (Lipinski definition) is 5. The highest BCUT2D eigenvalue weighted by atomic mass is 79.9. The first kappa shape index (κ1) is 22.3. The Morgan fingerprint density at radius 2 is 1.93 bits per heavy atom. The molecule has 0 bridgehead atoms. The van der Waals surface area contributed by atoms with E-state index in [0.29, 0.717) is 20.2 Å². The summed E-state index contributed by atoms with van der Waals surface area (Å²) in [5.74, 6) is -1.20. The number of aromatic hydroxyl groups is 1. The van der Waals surface area contributed by atoms with Crippen LogP contribution in [0.3, 0.4) is 0 Å². The zero-order chi connectivity index (χ0) is 20.7. The molecule has 0 fully saturated rings. The van der Waals surface area contributed by atoms with E-state index >= 15 is 0 Å². The number of phenols is 1. The van der Waals surface area contributed by atoms with Crippen LogP contribution in [0.5, 0.6) is 5.75 Å². The molecule has 1 atom stereocenters. The van der Waals surface area contributed by atoms with E-state index < -0.39 is 18.2 Å². The molecule has 148 valence electrons. The summed E-state index contributed by atoms with van der Waals surface area (Å²) in [5.41, 5.74) is 0.895. The Bertz CT molecular complexity index is 887. The van der Waals surface area contributed by atoms with E-state index in [1.54, 1.807) is 36.0 Å². The lowest BCUT2D eigenvalue weighted by Crippen LogP contribution is -2.17. The van der Waals surface area contributed by atoms with Gasteiger partial charge in [0, 0.05) is 33.1 Å². The smallest absolute Gasteiger partial charge is 0.412 e. The zero-order valence-electron chi connectivity index (χ0n) is 14.7. The molecule has 2 rings (SSSR count). The molecule has 3 N–H and O–H groups in total. The van der Waals surface area contributed by atoms with Gasteiger partial charge >= 0.3 is 12.1 Å². The van der Waals surface area contributed by atoms with Crippen molar-refractivity contribution in [2.24, 2.45) is 0 Å². The second kappa shape index (κ2) is 10.5. The number of ether oxygens (including phenoxy) is 1. The molecular weight excluding hydrogens is 514 g/mol. The van der Waals surface area contributed by atoms with Gasteiger partial charge in [0.15, 0.2) is 0 Å². The Labute approximate surface area is 183 Å². The van der Waals surface area contributed by atoms with E-state index in [4.69, 9.17) is 9.84 Å². The number of nitrogens with one attached hydrogen (secondary N) is 1. The van der Waals surface area contributed by atoms with Crippen LogP contribution in [0, 0.1) is 0 Å². The van der Waals surface area contributed by atoms with Crippen molar-refractivity contribution in [3.63, 3.8) is 0 Å². The number of rotatable bonds is 7. The third-order valence-corrected chi connectivity index (χ3v) is 5.41. The third kappa shape index (κ3) is 6.57. The Balaban J connectivity index is 2.21. The molecule has 0 aliphatic carbocycles. The maximum Gasteiger partial charge on any atom is 0.412 e. The fraction of sp³-hybridized carbons (Fsp3) is 0.158. The van der Waals surface area contributed by atoms with Gasteiger partial charge in [-0.1, -0.05) is 22.0 Å². The van der Waals surface area contributed by atoms with Crippen LogP contribution >= 0.6 is 43.6 Å². The minimum Gasteiger partial charge on any atom is -0.506 e. The first-order chi connectivity index (χ1) is 13.3. The lowest BCUT2D eigenvalue weighted by atomic mass is 10.0. The number of carboxylic acid groups (broad SMARTS) is 1. The molecule has 0 unspecified atom stereocenters. The quantitative estimate of drug-likeness (QED) is 0.302. The first-order valence-electron chi connectivity index (χ1n) is 7.99. The number of aliphatic carboxylic acids is 1. The van der Waals surface area contributed by atoms with E-state index in [1.165, 1.54) is 6.08 Å². The number of carbonyl (C=O) groups is 2. The first-order valence-corrected chi connectivity index (χ1v) is 10.8. The Morgan fingerprint density at radius 1 is 1.25 bits per heavy atom. The topological polar surface area (TPSA) is 95.9 Å². The molecule has 2 aromatic rings. The fourth-order valence-corrected chi connectivity index (χ4v) is 3.98. The number of benzene rings is 2. The van der Waals surface area contributed by atoms with Crippen molar-refractivity contribution in [2.45, 2.75) is 17.4 Å². The molecule has 0 aliphatic heterocycles. The summed E-state index contributed by atoms with van der Waals surface area (Å²) < 4.78 is 6.55. The summed E-state index contributed by atoms with van der Waals surface area (Å²) in [7, 11) is 0. The maximum absolute atomic E-state index is 12.3. The van der Waals surface area contributed by atoms with Crippen LogP contribution in [-0.4, -0.2) is 28.5 Å². The Kier molecular flexibility index (Phi) is 8.40. The molecule has 2 aromatic carbocycles. The molecule has 0 aliphatic rings. The van der Waals surface area contributed by atoms with E-state index in [0.717, 1.165) is 11.0 Å². The molecular formula is C19H17Br2NO5S. The number of carboxylic acids is 1. The highest BCUT2D eigenvalue weighted by molar-refractivity contribution is 9.11. The third-order valence-electron chi connectivity index (χ3n) is 3.60. The van der Waals surface area contributed by atoms with Crippen LogP contribution in [0.2, 0.25) is 0 Å². The number of amides is 1. The number of phenolic OH excluding ortho intramolecular Hbond substituents is 1. The SMILES string of the molecule is CSc1ccc(NC(=O)O[C@@H](C/C=C/C(=O)O)c2cc(Br)cc(Br)c2O)cc1. The number of halogens is 2. The predicted octanol–water partition coefficient (Wildman–Crippen LogP) is 5.96. The summed E-state index contributed by atoms with van der Waals surface area (Å²) in [5, 5.41) is 21.8. The van der Waals surface area contributed by atoms with Crippen LogP contribution in [0.4, 0.5) is 10.5 Å². The van der Waals surface area contributed by atoms with Gasteiger partial charge < -0.3 is 14.9 Å². The van der Waals surface area contributed by atoms with Crippen LogP contribution in [-0.2, 0) is 9.53 Å². The summed E-state index contributed by atoms with van der Waals surface area (Å²) in [6, 6.07) is 10.5. The van der Waals surface area contributed by atoms with Crippen molar-refractivity contribution in [2.75, 3.05) is 11.6 Å². The van der Waals surface area contributed by atoms with E-state index in [2.05, 4.69) is 37.2 Å². The van der Waals surface area contributed by atoms with Crippen LogP contribution in [0.15, 0.2) is 62.4 Å². The monoisotopic (exact) mass is 529 g/mol. The second-order valence-electron chi connectivity index (χ2n) is 5.55. The van der Waals surface area contributed by atoms with Gasteiger partial charge in [-0.3, -0.25) is 5.32 Å². The molecule has 0 spiro atoms. The second-order valence-corrected chi connectivity index (χ2v) is 8.20. The van der Waals surface area contributed by atoms with Crippen LogP contribution in [0.25, 0.3) is 0 Å². The van der Waals surface area contributed by atoms with Crippen LogP contribution in [0.1, 0.15) is 18.1 Å². The number of anilines is 1. The molecule has 9 heteroatoms. The standard InChI is InChI=1S/C19H17Br2NO5S/c1-28-13-7-5-12(6-8-13)22-19(26)27-16(3-2-4-17(23)24)14-9-11(20)10-15(21)18(14)25/h2,4-10,16,25H,3H2,1H3,(H,22,26)(H,23,24)/b4-2+/t16-/m0/s1. The zero-order valence-corrected chi connectivity index (χ0v) is 18.7. The maximum atomic E-state index is 12.3. The Morgan fingerprint density at radius 3 is 2.54 bits per heavy atom. The van der Waals surface area contributed by atoms with E-state index in [9.17, 15) is 14.7 Å². The summed E-state index contributed by atoms with van der Waals surface area (Å²) in [6.45, 7) is 0. The highest BCUT2D eigenvalue weighted by Crippen LogP contribution is 2.38. The van der Waals surface area contributed by atoms with E-state index in [-0.39, 0.29) is 12.2 Å². The minimum atomic E-state index is -1.11. The molecule has 0 radical (unpaired) electrons. The number of hydrogen-bond donors (Lipinski definition) is 3.